The number of esters is 10. The zero-order valence-corrected chi connectivity index (χ0v) is 63.5. The maximum Gasteiger partial charge on any atom is 0.317 e. The van der Waals surface area contributed by atoms with Crippen LogP contribution >= 0.6 is 0 Å². The number of rotatable bonds is 26. The molecule has 0 aromatic rings. The fourth-order valence-electron chi connectivity index (χ4n) is 28.0. The normalized spacial score (nSPS) is 44.8. The zero-order chi connectivity index (χ0) is 76.1. The Balaban J connectivity index is 0.666. The molecule has 4 N–H and O–H groups in total. The quantitative estimate of drug-likeness (QED) is 0.0357. The van der Waals surface area contributed by atoms with E-state index in [1.165, 1.54) is 0 Å². The van der Waals surface area contributed by atoms with Gasteiger partial charge in [-0.15, -0.1) is 0 Å². The molecule has 0 radical (unpaired) electrons. The summed E-state index contributed by atoms with van der Waals surface area (Å²) in [5.74, 6) is -19.0. The number of hydrogen-bond donors (Lipinski definition) is 4. The first kappa shape index (κ1) is 76.7. The first-order chi connectivity index (χ1) is 50.1. The average molecular weight is 1480 g/mol. The summed E-state index contributed by atoms with van der Waals surface area (Å²) < 4.78 is 46.4. The van der Waals surface area contributed by atoms with Gasteiger partial charge >= 0.3 is 71.6 Å². The maximum atomic E-state index is 14.5. The summed E-state index contributed by atoms with van der Waals surface area (Å²) in [5, 5.41) is 41.3. The average Bonchev–Trinajstić information content (AvgIpc) is 1.53. The number of cyclic esters (lactones) is 4. The van der Waals surface area contributed by atoms with Crippen molar-refractivity contribution in [1.82, 2.24) is 0 Å². The molecule has 0 aromatic heterocycles. The van der Waals surface area contributed by atoms with Gasteiger partial charge in [-0.05, 0) is 280 Å². The van der Waals surface area contributed by atoms with Crippen LogP contribution in [0.1, 0.15) is 172 Å². The van der Waals surface area contributed by atoms with Crippen molar-refractivity contribution in [3.05, 3.63) is 0 Å². The number of aliphatic hydroxyl groups is 2. The monoisotopic (exact) mass is 1480 g/mol. The largest absolute Gasteiger partial charge is 0.481 e. The number of ether oxygens (including phenoxy) is 8. The minimum absolute atomic E-state index is 0.0205. The third kappa shape index (κ3) is 13.4. The molecule has 2 heterocycles. The van der Waals surface area contributed by atoms with Crippen molar-refractivity contribution >= 4 is 71.6 Å². The van der Waals surface area contributed by atoms with Crippen LogP contribution in [-0.4, -0.2) is 142 Å². The SMILES string of the molecule is CC(CCOC(=O)C(C)CC1C2CC(C(=O)O)C(C2)C1C1C2CC(C(=O)OCCO)C(C2)C1C1C2CC(C(=O)OC(C)(C)C)C(C2)C1C1C(=O)OC(=O)C1C)OC(=O)C(C)CC1C2CC(C(=O)O)C(C2)C1C1C2CC(C(=O)OCCO)C(C2)C1C1C2CC(C(=O)OC(C)(C)C)C(C2)C1C1C(=O)OC(=O)C1C. The van der Waals surface area contributed by atoms with Crippen molar-refractivity contribution in [3.8, 4) is 0 Å². The molecule has 14 rings (SSSR count). The second kappa shape index (κ2) is 29.0. The van der Waals surface area contributed by atoms with E-state index in [2.05, 4.69) is 0 Å². The number of hydrogen-bond acceptors (Lipinski definition) is 22. The predicted octanol–water partition coefficient (Wildman–Crippen LogP) is 8.83. The Kier molecular flexibility index (Phi) is 21.0. The van der Waals surface area contributed by atoms with Gasteiger partial charge in [-0.1, -0.05) is 27.7 Å². The van der Waals surface area contributed by atoms with E-state index in [4.69, 9.17) is 37.9 Å². The van der Waals surface area contributed by atoms with Gasteiger partial charge in [-0.3, -0.25) is 57.5 Å². The van der Waals surface area contributed by atoms with Crippen LogP contribution in [0.5, 0.6) is 0 Å². The lowest BCUT2D eigenvalue weighted by atomic mass is 9.52. The maximum absolute atomic E-state index is 14.5. The van der Waals surface area contributed by atoms with E-state index >= 15 is 0 Å². The van der Waals surface area contributed by atoms with Crippen molar-refractivity contribution < 1.29 is 116 Å². The summed E-state index contributed by atoms with van der Waals surface area (Å²) in [7, 11) is 0. The lowest BCUT2D eigenvalue weighted by Crippen LogP contribution is -2.51. The summed E-state index contributed by atoms with van der Waals surface area (Å²) in [6, 6.07) is 0. The summed E-state index contributed by atoms with van der Waals surface area (Å²) in [6.45, 7) is 18.6. The Morgan fingerprint density at radius 3 is 1.06 bits per heavy atom. The van der Waals surface area contributed by atoms with Crippen LogP contribution in [0.25, 0.3) is 0 Å². The van der Waals surface area contributed by atoms with Gasteiger partial charge in [0.05, 0.1) is 90.8 Å². The Morgan fingerprint density at radius 2 is 0.717 bits per heavy atom. The van der Waals surface area contributed by atoms with Crippen LogP contribution in [-0.2, 0) is 95.4 Å². The molecule has 2 aliphatic heterocycles. The molecule has 14 aliphatic rings. The van der Waals surface area contributed by atoms with Gasteiger partial charge in [0.2, 0.25) is 0 Å². The number of carbonyl (C=O) groups excluding carboxylic acids is 10. The van der Waals surface area contributed by atoms with Crippen LogP contribution in [0.15, 0.2) is 0 Å². The molecule has 37 unspecified atom stereocenters. The first-order valence-electron chi connectivity index (χ1n) is 40.4. The molecule has 14 fully saturated rings. The van der Waals surface area contributed by atoms with Gasteiger partial charge in [0.1, 0.15) is 30.5 Å². The smallest absolute Gasteiger partial charge is 0.317 e. The third-order valence-corrected chi connectivity index (χ3v) is 30.9. The molecule has 586 valence electrons. The summed E-state index contributed by atoms with van der Waals surface area (Å²) >= 11 is 0. The van der Waals surface area contributed by atoms with Gasteiger partial charge in [0.15, 0.2) is 0 Å². The molecule has 2 saturated heterocycles. The molecule has 24 nitrogen and oxygen atoms in total. The van der Waals surface area contributed by atoms with Crippen LogP contribution in [0, 0.1) is 213 Å². The summed E-state index contributed by atoms with van der Waals surface area (Å²) in [5.41, 5.74) is -1.55. The zero-order valence-electron chi connectivity index (χ0n) is 63.5. The molecule has 12 saturated carbocycles. The fourth-order valence-corrected chi connectivity index (χ4v) is 28.0. The molecular formula is C82H114O24. The van der Waals surface area contributed by atoms with Gasteiger partial charge in [-0.25, -0.2) is 0 Å². The van der Waals surface area contributed by atoms with Crippen molar-refractivity contribution in [1.29, 1.82) is 0 Å². The highest BCUT2D eigenvalue weighted by atomic mass is 16.6. The van der Waals surface area contributed by atoms with E-state index < -0.39 is 160 Å². The van der Waals surface area contributed by atoms with E-state index in [0.717, 1.165) is 0 Å². The van der Waals surface area contributed by atoms with Crippen molar-refractivity contribution in [2.75, 3.05) is 33.0 Å². The van der Waals surface area contributed by atoms with Gasteiger partial charge in [0, 0.05) is 6.42 Å². The number of carbonyl (C=O) groups is 12. The predicted molar refractivity (Wildman–Crippen MR) is 369 cm³/mol. The second-order valence-electron chi connectivity index (χ2n) is 38.2. The van der Waals surface area contributed by atoms with E-state index in [-0.39, 0.29) is 182 Å². The first-order valence-corrected chi connectivity index (χ1v) is 40.4. The van der Waals surface area contributed by atoms with E-state index in [9.17, 15) is 78.0 Å². The Bertz CT molecular complexity index is 3490. The molecule has 106 heavy (non-hydrogen) atoms. The van der Waals surface area contributed by atoms with Gasteiger partial charge in [0.25, 0.3) is 0 Å². The molecule has 0 spiro atoms. The number of carboxylic acids is 2. The highest BCUT2D eigenvalue weighted by Gasteiger charge is 2.74. The van der Waals surface area contributed by atoms with Crippen molar-refractivity contribution in [3.63, 3.8) is 0 Å². The summed E-state index contributed by atoms with van der Waals surface area (Å²) in [6.07, 6.45) is 7.08. The molecule has 0 aromatic carbocycles. The minimum atomic E-state index is -0.871. The van der Waals surface area contributed by atoms with E-state index in [1.807, 2.05) is 55.4 Å². The molecule has 0 amide bonds. The number of aliphatic hydroxyl groups excluding tert-OH is 2. The van der Waals surface area contributed by atoms with Crippen LogP contribution in [0.2, 0.25) is 0 Å². The Morgan fingerprint density at radius 1 is 0.396 bits per heavy atom. The molecule has 12 aliphatic carbocycles. The lowest BCUT2D eigenvalue weighted by molar-refractivity contribution is -0.167. The summed E-state index contributed by atoms with van der Waals surface area (Å²) in [4.78, 5) is 167. The Labute approximate surface area is 620 Å². The number of fused-ring (bicyclic) bond motifs is 12. The standard InChI is InChI=1S/C82H114O24/c1-32(18-43-37-20-45(51(22-37)69(85)86)63(43)59-39-24-47(53(28-39)75(93)100-16-13-83)67(59)61-41-26-49(55(30-41)77(95)105-81(6,7)8)65(61)57-35(4)73(91)103-79(57)97)71(89)99-15-12-34(3)102-72(90)33(2)19-44-38-21-46(52(23-38)70(87)88)64(44)60-40-25-48(54(29-40)76(94)101-17-14-84)68(60)62-42-27-50(56(31-42)78(96)106-82(9,10)11)66(62)58-36(5)74(92)104-80(58)98/h32-68,83-84H,12-31H2,1-11H3,(H,85,86)(H,87,88). The van der Waals surface area contributed by atoms with Crippen molar-refractivity contribution in [2.24, 2.45) is 213 Å². The van der Waals surface area contributed by atoms with E-state index in [0.29, 0.717) is 89.9 Å². The lowest BCUT2D eigenvalue weighted by Gasteiger charge is -2.51. The molecule has 37 atom stereocenters. The third-order valence-electron chi connectivity index (χ3n) is 30.9. The molecule has 12 bridgehead atoms. The number of carboxylic acid groups (broad SMARTS) is 2. The topological polar surface area (TPSA) is 360 Å². The van der Waals surface area contributed by atoms with E-state index in [1.54, 1.807) is 20.8 Å². The molecule has 24 heteroatoms. The fraction of sp³-hybridized carbons (Fsp3) is 0.854. The minimum Gasteiger partial charge on any atom is -0.481 e. The van der Waals surface area contributed by atoms with Crippen LogP contribution < -0.4 is 0 Å². The van der Waals surface area contributed by atoms with Crippen LogP contribution in [0.4, 0.5) is 0 Å². The number of aliphatic carboxylic acids is 2. The highest BCUT2D eigenvalue weighted by Crippen LogP contribution is 2.76. The van der Waals surface area contributed by atoms with Gasteiger partial charge in [-0.2, -0.15) is 0 Å². The van der Waals surface area contributed by atoms with Gasteiger partial charge < -0.3 is 58.3 Å². The molecular weight excluding hydrogens is 1370 g/mol. The van der Waals surface area contributed by atoms with Crippen molar-refractivity contribution in [2.45, 2.75) is 190 Å². The van der Waals surface area contributed by atoms with Crippen LogP contribution in [0.3, 0.4) is 0 Å². The highest BCUT2D eigenvalue weighted by molar-refractivity contribution is 5.97. The second-order valence-corrected chi connectivity index (χ2v) is 38.2. The Hall–Kier alpha value is -6.04.